The molecule has 1 heterocycles. The SMILES string of the molecule is C=CC(=O)N1CC(C=O)C[C@@H]1C. The Balaban J connectivity index is 2.62. The minimum Gasteiger partial charge on any atom is -0.336 e. The van der Waals surface area contributed by atoms with E-state index in [0.717, 1.165) is 12.7 Å². The third-order valence-corrected chi connectivity index (χ3v) is 2.26. The third-order valence-electron chi connectivity index (χ3n) is 2.26. The monoisotopic (exact) mass is 167 g/mol. The molecule has 0 spiro atoms. The quantitative estimate of drug-likeness (QED) is 0.446. The molecule has 0 saturated carbocycles. The molecule has 0 aliphatic carbocycles. The molecule has 2 atom stereocenters. The first-order valence-electron chi connectivity index (χ1n) is 4.07. The van der Waals surface area contributed by atoms with Gasteiger partial charge in [-0.2, -0.15) is 0 Å². The second-order valence-corrected chi connectivity index (χ2v) is 3.18. The van der Waals surface area contributed by atoms with Gasteiger partial charge in [0.1, 0.15) is 6.29 Å². The van der Waals surface area contributed by atoms with E-state index in [1.807, 2.05) is 6.92 Å². The van der Waals surface area contributed by atoms with Gasteiger partial charge in [0.2, 0.25) is 5.91 Å². The highest BCUT2D eigenvalue weighted by atomic mass is 16.2. The van der Waals surface area contributed by atoms with Crippen molar-refractivity contribution < 1.29 is 9.59 Å². The Kier molecular flexibility index (Phi) is 2.63. The van der Waals surface area contributed by atoms with Crippen molar-refractivity contribution in [2.45, 2.75) is 19.4 Å². The average molecular weight is 167 g/mol. The number of carbonyl (C=O) groups excluding carboxylic acids is 2. The van der Waals surface area contributed by atoms with Crippen LogP contribution in [0.4, 0.5) is 0 Å². The molecular weight excluding hydrogens is 154 g/mol. The zero-order valence-electron chi connectivity index (χ0n) is 7.19. The van der Waals surface area contributed by atoms with Crippen molar-refractivity contribution in [2.24, 2.45) is 5.92 Å². The molecule has 1 amide bonds. The van der Waals surface area contributed by atoms with Crippen LogP contribution >= 0.6 is 0 Å². The van der Waals surface area contributed by atoms with E-state index in [4.69, 9.17) is 0 Å². The predicted molar refractivity (Wildman–Crippen MR) is 45.5 cm³/mol. The number of rotatable bonds is 2. The van der Waals surface area contributed by atoms with E-state index in [1.54, 1.807) is 4.90 Å². The summed E-state index contributed by atoms with van der Waals surface area (Å²) < 4.78 is 0. The van der Waals surface area contributed by atoms with Crippen LogP contribution in [0, 0.1) is 5.92 Å². The molecule has 66 valence electrons. The summed E-state index contributed by atoms with van der Waals surface area (Å²) in [5, 5.41) is 0. The van der Waals surface area contributed by atoms with Crippen LogP contribution in [0.5, 0.6) is 0 Å². The normalized spacial score (nSPS) is 28.6. The van der Waals surface area contributed by atoms with Crippen LogP contribution in [0.15, 0.2) is 12.7 Å². The fourth-order valence-corrected chi connectivity index (χ4v) is 1.60. The van der Waals surface area contributed by atoms with Crippen LogP contribution in [0.3, 0.4) is 0 Å². The lowest BCUT2D eigenvalue weighted by Crippen LogP contribution is -2.32. The Morgan fingerprint density at radius 2 is 2.33 bits per heavy atom. The lowest BCUT2D eigenvalue weighted by Gasteiger charge is -2.18. The van der Waals surface area contributed by atoms with Gasteiger partial charge in [0.25, 0.3) is 0 Å². The number of hydrogen-bond acceptors (Lipinski definition) is 2. The molecule has 12 heavy (non-hydrogen) atoms. The molecule has 1 fully saturated rings. The summed E-state index contributed by atoms with van der Waals surface area (Å²) in [7, 11) is 0. The van der Waals surface area contributed by atoms with Crippen molar-refractivity contribution >= 4 is 12.2 Å². The number of aldehydes is 1. The van der Waals surface area contributed by atoms with Gasteiger partial charge in [0.15, 0.2) is 0 Å². The topological polar surface area (TPSA) is 37.4 Å². The maximum absolute atomic E-state index is 11.2. The van der Waals surface area contributed by atoms with Gasteiger partial charge in [0.05, 0.1) is 0 Å². The summed E-state index contributed by atoms with van der Waals surface area (Å²) in [6.07, 6.45) is 3.00. The van der Waals surface area contributed by atoms with Crippen LogP contribution in [0.25, 0.3) is 0 Å². The fraction of sp³-hybridized carbons (Fsp3) is 0.556. The summed E-state index contributed by atoms with van der Waals surface area (Å²) in [4.78, 5) is 23.3. The maximum atomic E-state index is 11.2. The molecule has 0 bridgehead atoms. The smallest absolute Gasteiger partial charge is 0.246 e. The van der Waals surface area contributed by atoms with Crippen molar-refractivity contribution in [3.63, 3.8) is 0 Å². The number of amides is 1. The highest BCUT2D eigenvalue weighted by molar-refractivity contribution is 5.87. The molecule has 0 radical (unpaired) electrons. The molecule has 0 aromatic rings. The number of hydrogen-bond donors (Lipinski definition) is 0. The van der Waals surface area contributed by atoms with E-state index in [1.165, 1.54) is 6.08 Å². The van der Waals surface area contributed by atoms with E-state index >= 15 is 0 Å². The van der Waals surface area contributed by atoms with Crippen molar-refractivity contribution in [3.05, 3.63) is 12.7 Å². The molecule has 0 aromatic carbocycles. The van der Waals surface area contributed by atoms with E-state index in [0.29, 0.717) is 6.54 Å². The summed E-state index contributed by atoms with van der Waals surface area (Å²) in [5.41, 5.74) is 0. The van der Waals surface area contributed by atoms with Crippen LogP contribution in [-0.2, 0) is 9.59 Å². The molecule has 1 unspecified atom stereocenters. The summed E-state index contributed by atoms with van der Waals surface area (Å²) in [6.45, 7) is 5.91. The molecule has 1 saturated heterocycles. The van der Waals surface area contributed by atoms with Crippen LogP contribution in [-0.4, -0.2) is 29.7 Å². The van der Waals surface area contributed by atoms with Gasteiger partial charge in [-0.1, -0.05) is 6.58 Å². The molecule has 3 heteroatoms. The highest BCUT2D eigenvalue weighted by Crippen LogP contribution is 2.21. The largest absolute Gasteiger partial charge is 0.336 e. The molecule has 0 aromatic heterocycles. The first-order valence-corrected chi connectivity index (χ1v) is 4.07. The van der Waals surface area contributed by atoms with Gasteiger partial charge in [-0.3, -0.25) is 4.79 Å². The standard InChI is InChI=1S/C9H13NO2/c1-3-9(12)10-5-8(6-11)4-7(10)2/h3,6-8H,1,4-5H2,2H3/t7-,8?/m0/s1. The maximum Gasteiger partial charge on any atom is 0.246 e. The second-order valence-electron chi connectivity index (χ2n) is 3.18. The Morgan fingerprint density at radius 1 is 1.67 bits per heavy atom. The molecule has 1 aliphatic rings. The van der Waals surface area contributed by atoms with Gasteiger partial charge in [0, 0.05) is 18.5 Å². The molecule has 0 N–H and O–H groups in total. The number of likely N-dealkylation sites (tertiary alicyclic amines) is 1. The second kappa shape index (κ2) is 3.52. The average Bonchev–Trinajstić information content (AvgIpc) is 2.45. The predicted octanol–water partition coefficient (Wildman–Crippen LogP) is 0.608. The van der Waals surface area contributed by atoms with Gasteiger partial charge in [-0.15, -0.1) is 0 Å². The van der Waals surface area contributed by atoms with Gasteiger partial charge >= 0.3 is 0 Å². The van der Waals surface area contributed by atoms with Gasteiger partial charge in [-0.05, 0) is 19.4 Å². The third kappa shape index (κ3) is 1.55. The van der Waals surface area contributed by atoms with Crippen molar-refractivity contribution in [1.82, 2.24) is 4.90 Å². The van der Waals surface area contributed by atoms with E-state index in [-0.39, 0.29) is 17.9 Å². The minimum absolute atomic E-state index is 0.0175. The first-order chi connectivity index (χ1) is 5.69. The number of carbonyl (C=O) groups is 2. The molecule has 1 rings (SSSR count). The zero-order chi connectivity index (χ0) is 9.14. The van der Waals surface area contributed by atoms with Crippen molar-refractivity contribution in [1.29, 1.82) is 0 Å². The summed E-state index contributed by atoms with van der Waals surface area (Å²) in [5.74, 6) is -0.0595. The summed E-state index contributed by atoms with van der Waals surface area (Å²) >= 11 is 0. The fourth-order valence-electron chi connectivity index (χ4n) is 1.60. The minimum atomic E-state index is -0.0770. The van der Waals surface area contributed by atoms with E-state index in [2.05, 4.69) is 6.58 Å². The Bertz CT molecular complexity index is 213. The van der Waals surface area contributed by atoms with Crippen molar-refractivity contribution in [2.75, 3.05) is 6.54 Å². The Labute approximate surface area is 72.0 Å². The van der Waals surface area contributed by atoms with Crippen molar-refractivity contribution in [3.8, 4) is 0 Å². The lowest BCUT2D eigenvalue weighted by atomic mass is 10.1. The molecule has 3 nitrogen and oxygen atoms in total. The van der Waals surface area contributed by atoms with Crippen LogP contribution in [0.2, 0.25) is 0 Å². The van der Waals surface area contributed by atoms with Gasteiger partial charge in [-0.25, -0.2) is 0 Å². The highest BCUT2D eigenvalue weighted by Gasteiger charge is 2.30. The van der Waals surface area contributed by atoms with Crippen LogP contribution < -0.4 is 0 Å². The van der Waals surface area contributed by atoms with Crippen LogP contribution in [0.1, 0.15) is 13.3 Å². The first kappa shape index (κ1) is 8.97. The van der Waals surface area contributed by atoms with E-state index in [9.17, 15) is 9.59 Å². The number of nitrogens with zero attached hydrogens (tertiary/aromatic N) is 1. The van der Waals surface area contributed by atoms with Gasteiger partial charge < -0.3 is 9.69 Å². The summed E-state index contributed by atoms with van der Waals surface area (Å²) in [6, 6.07) is 0.172. The Morgan fingerprint density at radius 3 is 2.75 bits per heavy atom. The zero-order valence-corrected chi connectivity index (χ0v) is 7.19. The molecular formula is C9H13NO2. The molecule has 1 aliphatic heterocycles. The Hall–Kier alpha value is -1.12. The van der Waals surface area contributed by atoms with E-state index < -0.39 is 0 Å². The lowest BCUT2D eigenvalue weighted by molar-refractivity contribution is -0.126.